The van der Waals surface area contributed by atoms with E-state index in [-0.39, 0.29) is 12.5 Å². The van der Waals surface area contributed by atoms with Crippen LogP contribution in [0.25, 0.3) is 21.6 Å². The van der Waals surface area contributed by atoms with Crippen LogP contribution in [0, 0.1) is 11.8 Å². The molecule has 152 valence electrons. The Labute approximate surface area is 180 Å². The van der Waals surface area contributed by atoms with Gasteiger partial charge in [-0.2, -0.15) is 0 Å². The number of amides is 1. The molecule has 31 heavy (non-hydrogen) atoms. The van der Waals surface area contributed by atoms with Gasteiger partial charge in [-0.05, 0) is 33.9 Å². The van der Waals surface area contributed by atoms with Crippen LogP contribution in [0.1, 0.15) is 29.0 Å². The summed E-state index contributed by atoms with van der Waals surface area (Å²) in [6, 6.07) is 23.6. The Morgan fingerprint density at radius 2 is 1.65 bits per heavy atom. The third-order valence-electron chi connectivity index (χ3n) is 5.14. The minimum Gasteiger partial charge on any atom is -0.449 e. The lowest BCUT2D eigenvalue weighted by atomic mass is 9.98. The Bertz CT molecular complexity index is 1170. The van der Waals surface area contributed by atoms with Gasteiger partial charge in [-0.15, -0.1) is 0 Å². The maximum absolute atomic E-state index is 12.2. The lowest BCUT2D eigenvalue weighted by Crippen LogP contribution is -2.26. The number of benzene rings is 3. The minimum atomic E-state index is -0.460. The van der Waals surface area contributed by atoms with E-state index in [1.165, 1.54) is 22.3 Å². The van der Waals surface area contributed by atoms with Crippen LogP contribution in [0.3, 0.4) is 0 Å². The van der Waals surface area contributed by atoms with Gasteiger partial charge in [-0.3, -0.25) is 0 Å². The van der Waals surface area contributed by atoms with E-state index in [9.17, 15) is 4.79 Å². The summed E-state index contributed by atoms with van der Waals surface area (Å²) in [4.78, 5) is 15.0. The second kappa shape index (κ2) is 9.53. The van der Waals surface area contributed by atoms with Gasteiger partial charge in [0.25, 0.3) is 0 Å². The first-order valence-electron chi connectivity index (χ1n) is 10.00. The van der Waals surface area contributed by atoms with E-state index in [0.717, 1.165) is 0 Å². The molecular formula is C25H20N4O2. The molecule has 0 fully saturated rings. The first-order chi connectivity index (χ1) is 15.3. The van der Waals surface area contributed by atoms with Crippen molar-refractivity contribution < 1.29 is 9.53 Å². The molecule has 4 rings (SSSR count). The van der Waals surface area contributed by atoms with Crippen LogP contribution in [0.15, 0.2) is 77.9 Å². The van der Waals surface area contributed by atoms with Crippen LogP contribution in [-0.2, 0) is 4.74 Å². The normalized spacial score (nSPS) is 11.4. The van der Waals surface area contributed by atoms with Crippen molar-refractivity contribution in [2.75, 3.05) is 13.2 Å². The number of hydrogen-bond acceptors (Lipinski definition) is 3. The number of nitrogens with zero attached hydrogens (tertiary/aromatic N) is 3. The zero-order chi connectivity index (χ0) is 21.5. The van der Waals surface area contributed by atoms with Gasteiger partial charge in [0.05, 0.1) is 5.69 Å². The molecule has 0 saturated carbocycles. The lowest BCUT2D eigenvalue weighted by Gasteiger charge is -2.14. The molecule has 0 unspecified atom stereocenters. The Morgan fingerprint density at radius 3 is 2.35 bits per heavy atom. The largest absolute Gasteiger partial charge is 0.449 e. The minimum absolute atomic E-state index is 0.0372. The summed E-state index contributed by atoms with van der Waals surface area (Å²) >= 11 is 0. The van der Waals surface area contributed by atoms with Crippen LogP contribution in [0.2, 0.25) is 0 Å². The number of alkyl carbamates (subject to hydrolysis) is 1. The summed E-state index contributed by atoms with van der Waals surface area (Å²) in [7, 11) is 0. The molecule has 3 aromatic carbocycles. The lowest BCUT2D eigenvalue weighted by molar-refractivity contribution is 0.143. The van der Waals surface area contributed by atoms with E-state index in [4.69, 9.17) is 10.3 Å². The van der Waals surface area contributed by atoms with E-state index in [2.05, 4.69) is 51.4 Å². The zero-order valence-electron chi connectivity index (χ0n) is 16.8. The molecule has 1 N–H and O–H groups in total. The standard InChI is InChI=1S/C25H20N4O2/c26-29-28-24-15-6-1-9-18(24)10-7-8-16-27-25(30)31-17-23-21-13-4-2-11-19(21)20-12-3-5-14-22(20)23/h1-6,9,11-15,23H,8,16-17H2,(H,27,30). The summed E-state index contributed by atoms with van der Waals surface area (Å²) in [6.45, 7) is 0.651. The molecule has 0 atom stereocenters. The highest BCUT2D eigenvalue weighted by atomic mass is 16.5. The monoisotopic (exact) mass is 408 g/mol. The van der Waals surface area contributed by atoms with Crippen molar-refractivity contribution in [2.24, 2.45) is 5.11 Å². The molecule has 1 aliphatic rings. The quantitative estimate of drug-likeness (QED) is 0.187. The average Bonchev–Trinajstić information content (AvgIpc) is 3.12. The first-order valence-corrected chi connectivity index (χ1v) is 10.00. The molecule has 6 heteroatoms. The third-order valence-corrected chi connectivity index (χ3v) is 5.14. The van der Waals surface area contributed by atoms with Gasteiger partial charge in [-0.1, -0.05) is 83.7 Å². The fraction of sp³-hybridized carbons (Fsp3) is 0.160. The van der Waals surface area contributed by atoms with Gasteiger partial charge >= 0.3 is 6.09 Å². The number of hydrogen-bond donors (Lipinski definition) is 1. The van der Waals surface area contributed by atoms with Crippen LogP contribution in [-0.4, -0.2) is 19.2 Å². The van der Waals surface area contributed by atoms with Gasteiger partial charge < -0.3 is 10.1 Å². The Morgan fingerprint density at radius 1 is 1.00 bits per heavy atom. The molecule has 0 saturated heterocycles. The van der Waals surface area contributed by atoms with Gasteiger partial charge in [0.15, 0.2) is 0 Å². The predicted molar refractivity (Wildman–Crippen MR) is 120 cm³/mol. The van der Waals surface area contributed by atoms with Crippen molar-refractivity contribution in [1.82, 2.24) is 5.32 Å². The SMILES string of the molecule is [N-]=[N+]=Nc1ccccc1C#CCCNC(=O)OCC1c2ccccc2-c2ccccc21. The smallest absolute Gasteiger partial charge is 0.407 e. The number of rotatable bonds is 5. The van der Waals surface area contributed by atoms with E-state index >= 15 is 0 Å². The number of azide groups is 1. The molecule has 6 nitrogen and oxygen atoms in total. The van der Waals surface area contributed by atoms with Crippen molar-refractivity contribution >= 4 is 11.8 Å². The summed E-state index contributed by atoms with van der Waals surface area (Å²) < 4.78 is 5.50. The third kappa shape index (κ3) is 4.53. The first kappa shape index (κ1) is 20.1. The van der Waals surface area contributed by atoms with Crippen LogP contribution < -0.4 is 5.32 Å². The second-order valence-electron chi connectivity index (χ2n) is 7.01. The summed E-state index contributed by atoms with van der Waals surface area (Å²) in [5, 5.41) is 6.35. The summed E-state index contributed by atoms with van der Waals surface area (Å²) in [5.74, 6) is 5.98. The molecule has 0 heterocycles. The van der Waals surface area contributed by atoms with Crippen LogP contribution in [0.4, 0.5) is 10.5 Å². The summed E-state index contributed by atoms with van der Waals surface area (Å²) in [6.07, 6.45) is -0.00688. The van der Waals surface area contributed by atoms with Gasteiger partial charge in [0, 0.05) is 29.4 Å². The summed E-state index contributed by atoms with van der Waals surface area (Å²) in [5.41, 5.74) is 14.5. The fourth-order valence-electron chi connectivity index (χ4n) is 3.75. The highest BCUT2D eigenvalue weighted by Crippen LogP contribution is 2.44. The molecule has 0 aliphatic heterocycles. The van der Waals surface area contributed by atoms with Gasteiger partial charge in [-0.25, -0.2) is 4.79 Å². The molecule has 1 aliphatic carbocycles. The molecule has 1 amide bonds. The van der Waals surface area contributed by atoms with Crippen molar-refractivity contribution in [3.05, 3.63) is 99.9 Å². The Hall–Kier alpha value is -4.20. The molecule has 3 aromatic rings. The van der Waals surface area contributed by atoms with Crippen molar-refractivity contribution in [1.29, 1.82) is 0 Å². The van der Waals surface area contributed by atoms with Crippen LogP contribution in [0.5, 0.6) is 0 Å². The van der Waals surface area contributed by atoms with E-state index in [0.29, 0.717) is 24.2 Å². The number of ether oxygens (including phenoxy) is 1. The van der Waals surface area contributed by atoms with Crippen LogP contribution >= 0.6 is 0 Å². The van der Waals surface area contributed by atoms with Crippen molar-refractivity contribution in [2.45, 2.75) is 12.3 Å². The number of nitrogens with one attached hydrogen (secondary N) is 1. The fourth-order valence-corrected chi connectivity index (χ4v) is 3.75. The molecular weight excluding hydrogens is 388 g/mol. The van der Waals surface area contributed by atoms with Crippen molar-refractivity contribution in [3.63, 3.8) is 0 Å². The molecule has 0 radical (unpaired) electrons. The van der Waals surface area contributed by atoms with E-state index < -0.39 is 6.09 Å². The molecule has 0 spiro atoms. The Balaban J connectivity index is 1.30. The topological polar surface area (TPSA) is 87.1 Å². The zero-order valence-corrected chi connectivity index (χ0v) is 16.8. The average molecular weight is 408 g/mol. The van der Waals surface area contributed by atoms with E-state index in [1.54, 1.807) is 18.2 Å². The van der Waals surface area contributed by atoms with Gasteiger partial charge in [0.2, 0.25) is 0 Å². The maximum Gasteiger partial charge on any atom is 0.407 e. The van der Waals surface area contributed by atoms with E-state index in [1.807, 2.05) is 30.3 Å². The highest BCUT2D eigenvalue weighted by molar-refractivity contribution is 5.79. The van der Waals surface area contributed by atoms with Gasteiger partial charge in [0.1, 0.15) is 6.61 Å². The number of fused-ring (bicyclic) bond motifs is 3. The highest BCUT2D eigenvalue weighted by Gasteiger charge is 2.28. The predicted octanol–water partition coefficient (Wildman–Crippen LogP) is 5.91. The second-order valence-corrected chi connectivity index (χ2v) is 7.01. The van der Waals surface area contributed by atoms with Crippen molar-refractivity contribution in [3.8, 4) is 23.0 Å². The Kier molecular flexibility index (Phi) is 6.18. The number of carbonyl (C=O) groups excluding carboxylic acids is 1. The number of carbonyl (C=O) groups is 1. The molecule has 0 aromatic heterocycles. The molecule has 0 bridgehead atoms. The maximum atomic E-state index is 12.2.